The van der Waals surface area contributed by atoms with E-state index in [1.165, 1.54) is 11.8 Å². The van der Waals surface area contributed by atoms with E-state index >= 15 is 0 Å². The fraction of sp³-hybridized carbons (Fsp3) is 0.200. The molecule has 0 aliphatic carbocycles. The molecule has 3 aromatic rings. The van der Waals surface area contributed by atoms with Crippen molar-refractivity contribution < 1.29 is 4.79 Å². The molecule has 0 fully saturated rings. The van der Waals surface area contributed by atoms with E-state index in [4.69, 9.17) is 34.8 Å². The van der Waals surface area contributed by atoms with Crippen molar-refractivity contribution in [3.05, 3.63) is 63.1 Å². The third-order valence-electron chi connectivity index (χ3n) is 4.15. The second-order valence-electron chi connectivity index (χ2n) is 6.21. The first-order valence-electron chi connectivity index (χ1n) is 8.99. The molecule has 0 unspecified atom stereocenters. The Labute approximate surface area is 193 Å². The number of hydrogen-bond acceptors (Lipinski definition) is 5. The molecule has 1 aromatic heterocycles. The standard InChI is InChI=1S/C20H18Cl3N5OS/c1-3-28-19(13-4-7-15(21)8-5-13)26-27-20(28)30-11-18(29)25-24-12(2)14-6-9-16(22)17(23)10-14/h4-10H,3,11H2,1-2H3,(H,25,29)/b24-12+. The fourth-order valence-electron chi connectivity index (χ4n) is 2.59. The van der Waals surface area contributed by atoms with Crippen LogP contribution in [0.3, 0.4) is 0 Å². The minimum Gasteiger partial charge on any atom is -0.302 e. The summed E-state index contributed by atoms with van der Waals surface area (Å²) in [6, 6.07) is 12.6. The van der Waals surface area contributed by atoms with Crippen molar-refractivity contribution in [3.63, 3.8) is 0 Å². The summed E-state index contributed by atoms with van der Waals surface area (Å²) >= 11 is 19.2. The molecule has 0 bridgehead atoms. The summed E-state index contributed by atoms with van der Waals surface area (Å²) in [6.45, 7) is 4.44. The normalized spacial score (nSPS) is 11.6. The number of carbonyl (C=O) groups is 1. The second kappa shape index (κ2) is 10.3. The third-order valence-corrected chi connectivity index (χ3v) is 6.11. The average molecular weight is 483 g/mol. The summed E-state index contributed by atoms with van der Waals surface area (Å²) in [4.78, 5) is 12.2. The number of thioether (sulfide) groups is 1. The van der Waals surface area contributed by atoms with Gasteiger partial charge in [-0.25, -0.2) is 5.43 Å². The molecule has 30 heavy (non-hydrogen) atoms. The number of carbonyl (C=O) groups excluding carboxylic acids is 1. The Hall–Kier alpha value is -2.06. The van der Waals surface area contributed by atoms with Gasteiger partial charge in [0.05, 0.1) is 21.5 Å². The Morgan fingerprint density at radius 2 is 1.83 bits per heavy atom. The molecule has 0 aliphatic heterocycles. The van der Waals surface area contributed by atoms with Crippen LogP contribution in [0.1, 0.15) is 19.4 Å². The molecule has 1 heterocycles. The van der Waals surface area contributed by atoms with Gasteiger partial charge in [0.2, 0.25) is 0 Å². The van der Waals surface area contributed by atoms with Crippen LogP contribution in [-0.2, 0) is 11.3 Å². The van der Waals surface area contributed by atoms with Crippen molar-refractivity contribution in [1.29, 1.82) is 0 Å². The van der Waals surface area contributed by atoms with Gasteiger partial charge in [0.25, 0.3) is 5.91 Å². The number of nitrogens with zero attached hydrogens (tertiary/aromatic N) is 4. The Kier molecular flexibility index (Phi) is 7.77. The molecule has 0 atom stereocenters. The Morgan fingerprint density at radius 3 is 2.50 bits per heavy atom. The van der Waals surface area contributed by atoms with Crippen molar-refractivity contribution in [1.82, 2.24) is 20.2 Å². The summed E-state index contributed by atoms with van der Waals surface area (Å²) in [7, 11) is 0. The minimum absolute atomic E-state index is 0.150. The molecule has 156 valence electrons. The lowest BCUT2D eigenvalue weighted by Gasteiger charge is -2.07. The molecule has 1 N–H and O–H groups in total. The van der Waals surface area contributed by atoms with E-state index in [2.05, 4.69) is 20.7 Å². The van der Waals surface area contributed by atoms with Crippen LogP contribution in [0, 0.1) is 0 Å². The highest BCUT2D eigenvalue weighted by Crippen LogP contribution is 2.25. The molecule has 0 saturated carbocycles. The number of amides is 1. The van der Waals surface area contributed by atoms with Gasteiger partial charge in [-0.15, -0.1) is 10.2 Å². The lowest BCUT2D eigenvalue weighted by molar-refractivity contribution is -0.118. The van der Waals surface area contributed by atoms with E-state index in [0.717, 1.165) is 17.0 Å². The van der Waals surface area contributed by atoms with Gasteiger partial charge in [-0.05, 0) is 55.8 Å². The van der Waals surface area contributed by atoms with Crippen molar-refractivity contribution in [2.75, 3.05) is 5.75 Å². The Bertz CT molecular complexity index is 1080. The maximum absolute atomic E-state index is 12.2. The van der Waals surface area contributed by atoms with Crippen molar-refractivity contribution in [2.24, 2.45) is 5.10 Å². The first-order valence-corrected chi connectivity index (χ1v) is 11.1. The predicted octanol–water partition coefficient (Wildman–Crippen LogP) is 5.56. The molecule has 0 radical (unpaired) electrons. The number of aromatic nitrogens is 3. The summed E-state index contributed by atoms with van der Waals surface area (Å²) in [5.41, 5.74) is 4.85. The maximum Gasteiger partial charge on any atom is 0.250 e. The molecule has 0 aliphatic rings. The summed E-state index contributed by atoms with van der Waals surface area (Å²) in [5, 5.41) is 14.8. The summed E-state index contributed by atoms with van der Waals surface area (Å²) in [5.74, 6) is 0.625. The van der Waals surface area contributed by atoms with Crippen LogP contribution >= 0.6 is 46.6 Å². The number of nitrogens with one attached hydrogen (secondary N) is 1. The van der Waals surface area contributed by atoms with Crippen LogP contribution in [-0.4, -0.2) is 32.1 Å². The van der Waals surface area contributed by atoms with E-state index in [1.54, 1.807) is 37.3 Å². The van der Waals surface area contributed by atoms with Crippen LogP contribution in [0.5, 0.6) is 0 Å². The number of halogens is 3. The molecule has 2 aromatic carbocycles. The first-order chi connectivity index (χ1) is 14.4. The van der Waals surface area contributed by atoms with Gasteiger partial charge in [-0.1, -0.05) is 52.6 Å². The van der Waals surface area contributed by atoms with Crippen molar-refractivity contribution in [2.45, 2.75) is 25.5 Å². The fourth-order valence-corrected chi connectivity index (χ4v) is 3.81. The number of benzene rings is 2. The molecule has 0 spiro atoms. The van der Waals surface area contributed by atoms with E-state index in [-0.39, 0.29) is 11.7 Å². The smallest absolute Gasteiger partial charge is 0.250 e. The van der Waals surface area contributed by atoms with Crippen LogP contribution < -0.4 is 5.43 Å². The van der Waals surface area contributed by atoms with Gasteiger partial charge < -0.3 is 4.57 Å². The largest absolute Gasteiger partial charge is 0.302 e. The number of rotatable bonds is 7. The van der Waals surface area contributed by atoms with Gasteiger partial charge in [0, 0.05) is 17.1 Å². The topological polar surface area (TPSA) is 72.2 Å². The maximum atomic E-state index is 12.2. The van der Waals surface area contributed by atoms with Gasteiger partial charge in [-0.3, -0.25) is 4.79 Å². The Morgan fingerprint density at radius 1 is 1.10 bits per heavy atom. The molecule has 3 rings (SSSR count). The molecule has 6 nitrogen and oxygen atoms in total. The number of hydrazone groups is 1. The van der Waals surface area contributed by atoms with Gasteiger partial charge in [-0.2, -0.15) is 5.10 Å². The lowest BCUT2D eigenvalue weighted by Crippen LogP contribution is -2.21. The third kappa shape index (κ3) is 5.55. The minimum atomic E-state index is -0.252. The highest BCUT2D eigenvalue weighted by Gasteiger charge is 2.14. The quantitative estimate of drug-likeness (QED) is 0.272. The number of hydrogen-bond donors (Lipinski definition) is 1. The van der Waals surface area contributed by atoms with Gasteiger partial charge in [0.15, 0.2) is 11.0 Å². The lowest BCUT2D eigenvalue weighted by atomic mass is 10.1. The molecule has 10 heteroatoms. The van der Waals surface area contributed by atoms with Crippen LogP contribution in [0.25, 0.3) is 11.4 Å². The zero-order valence-corrected chi connectivity index (χ0v) is 19.3. The van der Waals surface area contributed by atoms with E-state index in [1.807, 2.05) is 23.6 Å². The highest BCUT2D eigenvalue weighted by molar-refractivity contribution is 7.99. The van der Waals surface area contributed by atoms with E-state index < -0.39 is 0 Å². The van der Waals surface area contributed by atoms with Crippen LogP contribution in [0.2, 0.25) is 15.1 Å². The zero-order valence-electron chi connectivity index (χ0n) is 16.2. The van der Waals surface area contributed by atoms with Gasteiger partial charge in [0.1, 0.15) is 0 Å². The van der Waals surface area contributed by atoms with E-state index in [0.29, 0.717) is 32.5 Å². The summed E-state index contributed by atoms with van der Waals surface area (Å²) < 4.78 is 1.95. The average Bonchev–Trinajstić information content (AvgIpc) is 3.15. The SMILES string of the molecule is CCn1c(SCC(=O)N/N=C(\C)c2ccc(Cl)c(Cl)c2)nnc1-c1ccc(Cl)cc1. The summed E-state index contributed by atoms with van der Waals surface area (Å²) in [6.07, 6.45) is 0. The van der Waals surface area contributed by atoms with Crippen molar-refractivity contribution in [3.8, 4) is 11.4 Å². The monoisotopic (exact) mass is 481 g/mol. The van der Waals surface area contributed by atoms with E-state index in [9.17, 15) is 4.79 Å². The Balaban J connectivity index is 1.63. The van der Waals surface area contributed by atoms with Gasteiger partial charge >= 0.3 is 0 Å². The molecule has 0 saturated heterocycles. The van der Waals surface area contributed by atoms with Crippen LogP contribution in [0.15, 0.2) is 52.7 Å². The second-order valence-corrected chi connectivity index (χ2v) is 8.40. The molecular weight excluding hydrogens is 465 g/mol. The predicted molar refractivity (Wildman–Crippen MR) is 124 cm³/mol. The van der Waals surface area contributed by atoms with Crippen molar-refractivity contribution >= 4 is 58.2 Å². The molecule has 1 amide bonds. The first kappa shape index (κ1) is 22.6. The molecular formula is C20H18Cl3N5OS. The highest BCUT2D eigenvalue weighted by atomic mass is 35.5. The zero-order chi connectivity index (χ0) is 21.7. The van der Waals surface area contributed by atoms with Crippen LogP contribution in [0.4, 0.5) is 0 Å².